The number of methoxy groups -OCH3 is 1. The Hall–Kier alpha value is -2.89. The van der Waals surface area contributed by atoms with Crippen LogP contribution in [0.5, 0.6) is 0 Å². The average molecular weight is 341 g/mol. The van der Waals surface area contributed by atoms with E-state index >= 15 is 0 Å². The Morgan fingerprint density at radius 2 is 1.96 bits per heavy atom. The zero-order valence-corrected chi connectivity index (χ0v) is 14.8. The first-order valence-corrected chi connectivity index (χ1v) is 8.09. The standard InChI is InChI=1S/C19H23N3O3/c1-5-12-20-19(24)15-6-8-16(9-7-15)22-14(3)17(13(2)21-22)10-11-18(23)25-4/h5-9H,1,10-12H2,2-4H3,(H,20,24). The Balaban J connectivity index is 2.20. The lowest BCUT2D eigenvalue weighted by atomic mass is 10.1. The highest BCUT2D eigenvalue weighted by Crippen LogP contribution is 2.20. The van der Waals surface area contributed by atoms with Crippen molar-refractivity contribution >= 4 is 11.9 Å². The molecule has 0 aliphatic carbocycles. The summed E-state index contributed by atoms with van der Waals surface area (Å²) < 4.78 is 6.52. The van der Waals surface area contributed by atoms with Crippen LogP contribution in [0, 0.1) is 13.8 Å². The van der Waals surface area contributed by atoms with Crippen LogP contribution in [0.2, 0.25) is 0 Å². The SMILES string of the molecule is C=CCNC(=O)c1ccc(-n2nc(C)c(CCC(=O)OC)c2C)cc1. The van der Waals surface area contributed by atoms with Gasteiger partial charge in [-0.05, 0) is 50.1 Å². The van der Waals surface area contributed by atoms with Gasteiger partial charge in [-0.3, -0.25) is 9.59 Å². The predicted octanol–water partition coefficient (Wildman–Crippen LogP) is 2.51. The number of benzene rings is 1. The van der Waals surface area contributed by atoms with Gasteiger partial charge in [0, 0.05) is 24.2 Å². The van der Waals surface area contributed by atoms with Gasteiger partial charge in [0.25, 0.3) is 5.91 Å². The maximum absolute atomic E-state index is 11.9. The first-order valence-electron chi connectivity index (χ1n) is 8.09. The number of aryl methyl sites for hydroxylation is 1. The first kappa shape index (κ1) is 18.4. The van der Waals surface area contributed by atoms with Crippen LogP contribution in [0.25, 0.3) is 5.69 Å². The van der Waals surface area contributed by atoms with Crippen LogP contribution in [0.4, 0.5) is 0 Å². The fraction of sp³-hybridized carbons (Fsp3) is 0.316. The molecule has 0 saturated heterocycles. The van der Waals surface area contributed by atoms with Crippen molar-refractivity contribution in [2.45, 2.75) is 26.7 Å². The van der Waals surface area contributed by atoms with Crippen LogP contribution in [0.1, 0.15) is 33.7 Å². The van der Waals surface area contributed by atoms with E-state index in [1.165, 1.54) is 7.11 Å². The monoisotopic (exact) mass is 341 g/mol. The molecule has 1 N–H and O–H groups in total. The van der Waals surface area contributed by atoms with E-state index < -0.39 is 0 Å². The predicted molar refractivity (Wildman–Crippen MR) is 95.9 cm³/mol. The Bertz CT molecular complexity index is 776. The lowest BCUT2D eigenvalue weighted by Gasteiger charge is -2.07. The van der Waals surface area contributed by atoms with Gasteiger partial charge in [-0.1, -0.05) is 6.08 Å². The highest BCUT2D eigenvalue weighted by Gasteiger charge is 2.14. The number of carbonyl (C=O) groups excluding carboxylic acids is 2. The Morgan fingerprint density at radius 3 is 2.56 bits per heavy atom. The summed E-state index contributed by atoms with van der Waals surface area (Å²) in [5.41, 5.74) is 4.35. The molecule has 0 unspecified atom stereocenters. The minimum absolute atomic E-state index is 0.140. The van der Waals surface area contributed by atoms with Crippen molar-refractivity contribution in [3.63, 3.8) is 0 Å². The summed E-state index contributed by atoms with van der Waals surface area (Å²) in [7, 11) is 1.39. The molecule has 0 spiro atoms. The van der Waals surface area contributed by atoms with E-state index in [0.717, 1.165) is 22.6 Å². The maximum Gasteiger partial charge on any atom is 0.305 e. The lowest BCUT2D eigenvalue weighted by Crippen LogP contribution is -2.23. The number of esters is 1. The second-order valence-electron chi connectivity index (χ2n) is 5.68. The molecule has 2 rings (SSSR count). The number of carbonyl (C=O) groups is 2. The number of hydrogen-bond acceptors (Lipinski definition) is 4. The summed E-state index contributed by atoms with van der Waals surface area (Å²) in [5.74, 6) is -0.375. The minimum Gasteiger partial charge on any atom is -0.469 e. The molecule has 0 radical (unpaired) electrons. The molecule has 6 nitrogen and oxygen atoms in total. The van der Waals surface area contributed by atoms with Gasteiger partial charge >= 0.3 is 5.97 Å². The van der Waals surface area contributed by atoms with Crippen molar-refractivity contribution in [2.75, 3.05) is 13.7 Å². The molecule has 25 heavy (non-hydrogen) atoms. The number of ether oxygens (including phenoxy) is 1. The number of nitrogens with zero attached hydrogens (tertiary/aromatic N) is 2. The summed E-state index contributed by atoms with van der Waals surface area (Å²) in [5, 5.41) is 7.30. The smallest absolute Gasteiger partial charge is 0.305 e. The third-order valence-electron chi connectivity index (χ3n) is 4.03. The third-order valence-corrected chi connectivity index (χ3v) is 4.03. The zero-order chi connectivity index (χ0) is 18.4. The van der Waals surface area contributed by atoms with Gasteiger partial charge in [0.2, 0.25) is 0 Å². The number of nitrogens with one attached hydrogen (secondary N) is 1. The molecule has 1 aromatic carbocycles. The quantitative estimate of drug-likeness (QED) is 0.620. The summed E-state index contributed by atoms with van der Waals surface area (Å²) in [6, 6.07) is 7.23. The lowest BCUT2D eigenvalue weighted by molar-refractivity contribution is -0.140. The van der Waals surface area contributed by atoms with Gasteiger partial charge in [-0.25, -0.2) is 4.68 Å². The average Bonchev–Trinajstić information content (AvgIpc) is 2.91. The summed E-state index contributed by atoms with van der Waals surface area (Å²) in [6.07, 6.45) is 2.55. The highest BCUT2D eigenvalue weighted by atomic mass is 16.5. The number of amides is 1. The molecule has 2 aromatic rings. The van der Waals surface area contributed by atoms with Gasteiger partial charge in [0.1, 0.15) is 0 Å². The highest BCUT2D eigenvalue weighted by molar-refractivity contribution is 5.94. The van der Waals surface area contributed by atoms with Crippen molar-refractivity contribution in [1.29, 1.82) is 0 Å². The van der Waals surface area contributed by atoms with Gasteiger partial charge in [0.15, 0.2) is 0 Å². The van der Waals surface area contributed by atoms with Crippen LogP contribution in [0.15, 0.2) is 36.9 Å². The van der Waals surface area contributed by atoms with Gasteiger partial charge in [-0.2, -0.15) is 5.10 Å². The van der Waals surface area contributed by atoms with Crippen LogP contribution >= 0.6 is 0 Å². The minimum atomic E-state index is -0.235. The summed E-state index contributed by atoms with van der Waals surface area (Å²) in [6.45, 7) is 7.90. The molecule has 132 valence electrons. The van der Waals surface area contributed by atoms with Gasteiger partial charge in [0.05, 0.1) is 18.5 Å². The van der Waals surface area contributed by atoms with E-state index in [0.29, 0.717) is 24.9 Å². The van der Waals surface area contributed by atoms with E-state index in [-0.39, 0.29) is 11.9 Å². The Labute approximate surface area is 147 Å². The van der Waals surface area contributed by atoms with Crippen LogP contribution in [-0.2, 0) is 16.0 Å². The van der Waals surface area contributed by atoms with Gasteiger partial charge < -0.3 is 10.1 Å². The summed E-state index contributed by atoms with van der Waals surface area (Å²) in [4.78, 5) is 23.3. The molecule has 1 amide bonds. The van der Waals surface area contributed by atoms with Crippen LogP contribution < -0.4 is 5.32 Å². The van der Waals surface area contributed by atoms with E-state index in [1.54, 1.807) is 18.2 Å². The van der Waals surface area contributed by atoms with Crippen molar-refractivity contribution in [3.8, 4) is 5.69 Å². The zero-order valence-electron chi connectivity index (χ0n) is 14.8. The molecule has 6 heteroatoms. The Kier molecular flexibility index (Phi) is 6.11. The van der Waals surface area contributed by atoms with Crippen LogP contribution in [-0.4, -0.2) is 35.3 Å². The largest absolute Gasteiger partial charge is 0.469 e. The first-order chi connectivity index (χ1) is 12.0. The molecule has 0 fully saturated rings. The normalized spacial score (nSPS) is 10.4. The van der Waals surface area contributed by atoms with Crippen molar-refractivity contribution < 1.29 is 14.3 Å². The second kappa shape index (κ2) is 8.28. The number of aromatic nitrogens is 2. The van der Waals surface area contributed by atoms with Crippen LogP contribution in [0.3, 0.4) is 0 Å². The van der Waals surface area contributed by atoms with Crippen molar-refractivity contribution in [2.24, 2.45) is 0 Å². The molecule has 0 saturated carbocycles. The molecule has 0 atom stereocenters. The molecular formula is C19H23N3O3. The van der Waals surface area contributed by atoms with Crippen molar-refractivity contribution in [1.82, 2.24) is 15.1 Å². The number of hydrogen-bond donors (Lipinski definition) is 1. The van der Waals surface area contributed by atoms with E-state index in [9.17, 15) is 9.59 Å². The molecular weight excluding hydrogens is 318 g/mol. The van der Waals surface area contributed by atoms with E-state index in [1.807, 2.05) is 30.7 Å². The fourth-order valence-corrected chi connectivity index (χ4v) is 2.64. The van der Waals surface area contributed by atoms with Gasteiger partial charge in [-0.15, -0.1) is 6.58 Å². The third kappa shape index (κ3) is 4.35. The second-order valence-corrected chi connectivity index (χ2v) is 5.68. The van der Waals surface area contributed by atoms with E-state index in [4.69, 9.17) is 4.74 Å². The molecule has 1 aromatic heterocycles. The molecule has 1 heterocycles. The maximum atomic E-state index is 11.9. The molecule has 0 bridgehead atoms. The Morgan fingerprint density at radius 1 is 1.28 bits per heavy atom. The topological polar surface area (TPSA) is 73.2 Å². The summed E-state index contributed by atoms with van der Waals surface area (Å²) >= 11 is 0. The molecule has 0 aliphatic heterocycles. The van der Waals surface area contributed by atoms with Crippen molar-refractivity contribution in [3.05, 3.63) is 59.4 Å². The fourth-order valence-electron chi connectivity index (χ4n) is 2.64. The number of rotatable bonds is 7. The van der Waals surface area contributed by atoms with E-state index in [2.05, 4.69) is 17.0 Å². The molecule has 0 aliphatic rings.